The molecule has 2 heterocycles. The largest absolute Gasteiger partial charge is 0.492 e. The fourth-order valence-electron chi connectivity index (χ4n) is 2.59. The molecule has 0 bridgehead atoms. The second-order valence-electron chi connectivity index (χ2n) is 4.86. The van der Waals surface area contributed by atoms with Gasteiger partial charge in [0.1, 0.15) is 11.9 Å². The van der Waals surface area contributed by atoms with Crippen LogP contribution in [-0.2, 0) is 9.53 Å². The molecule has 0 aliphatic carbocycles. The summed E-state index contributed by atoms with van der Waals surface area (Å²) in [5.41, 5.74) is 1.03. The Morgan fingerprint density at radius 3 is 3.00 bits per heavy atom. The van der Waals surface area contributed by atoms with Crippen LogP contribution in [0.5, 0.6) is 5.75 Å². The van der Waals surface area contributed by atoms with Gasteiger partial charge in [-0.1, -0.05) is 12.1 Å². The van der Waals surface area contributed by atoms with E-state index >= 15 is 0 Å². The number of carbonyl (C=O) groups excluding carboxylic acids is 1. The van der Waals surface area contributed by atoms with Crippen LogP contribution in [0.4, 0.5) is 0 Å². The summed E-state index contributed by atoms with van der Waals surface area (Å²) in [6, 6.07) is 5.92. The predicted molar refractivity (Wildman–Crippen MR) is 74.1 cm³/mol. The van der Waals surface area contributed by atoms with Gasteiger partial charge in [0, 0.05) is 18.6 Å². The fourth-order valence-corrected chi connectivity index (χ4v) is 3.08. The molecule has 1 aromatic carbocycles. The third-order valence-corrected chi connectivity index (χ3v) is 4.19. The van der Waals surface area contributed by atoms with E-state index < -0.39 is 0 Å². The fraction of sp³-hybridized carbons (Fsp3) is 0.500. The Balaban J connectivity index is 1.76. The molecule has 0 saturated carbocycles. The predicted octanol–water partition coefficient (Wildman–Crippen LogP) is 2.57. The maximum Gasteiger partial charge on any atom is 0.249 e. The van der Waals surface area contributed by atoms with Gasteiger partial charge in [0.2, 0.25) is 5.91 Å². The van der Waals surface area contributed by atoms with E-state index in [-0.39, 0.29) is 18.1 Å². The van der Waals surface area contributed by atoms with E-state index in [0.717, 1.165) is 35.0 Å². The van der Waals surface area contributed by atoms with Crippen molar-refractivity contribution in [3.63, 3.8) is 0 Å². The molecule has 2 atom stereocenters. The highest BCUT2D eigenvalue weighted by molar-refractivity contribution is 9.10. The van der Waals surface area contributed by atoms with Crippen LogP contribution in [0.3, 0.4) is 0 Å². The van der Waals surface area contributed by atoms with Crippen LogP contribution >= 0.6 is 15.9 Å². The molecule has 2 aliphatic rings. The summed E-state index contributed by atoms with van der Waals surface area (Å²) in [5, 5.41) is 3.08. The van der Waals surface area contributed by atoms with Gasteiger partial charge in [-0.15, -0.1) is 0 Å². The first-order valence-corrected chi connectivity index (χ1v) is 7.38. The quantitative estimate of drug-likeness (QED) is 0.909. The van der Waals surface area contributed by atoms with Gasteiger partial charge in [-0.2, -0.15) is 0 Å². The zero-order chi connectivity index (χ0) is 13.2. The Morgan fingerprint density at radius 2 is 2.21 bits per heavy atom. The van der Waals surface area contributed by atoms with Gasteiger partial charge in [0.25, 0.3) is 0 Å². The molecular weight excluding hydrogens is 310 g/mol. The van der Waals surface area contributed by atoms with E-state index in [2.05, 4.69) is 21.2 Å². The lowest BCUT2D eigenvalue weighted by atomic mass is 10.00. The summed E-state index contributed by atoms with van der Waals surface area (Å²) in [6.07, 6.45) is 2.30. The molecule has 5 heteroatoms. The number of carbonyl (C=O) groups is 1. The van der Waals surface area contributed by atoms with Crippen LogP contribution in [-0.4, -0.2) is 25.2 Å². The van der Waals surface area contributed by atoms with Gasteiger partial charge in [-0.3, -0.25) is 4.79 Å². The van der Waals surface area contributed by atoms with Gasteiger partial charge in [-0.25, -0.2) is 0 Å². The molecule has 0 aromatic heterocycles. The molecule has 1 saturated heterocycles. The third-order valence-electron chi connectivity index (χ3n) is 3.56. The minimum atomic E-state index is -0.279. The van der Waals surface area contributed by atoms with Crippen LogP contribution in [0.2, 0.25) is 0 Å². The van der Waals surface area contributed by atoms with Crippen molar-refractivity contribution in [3.05, 3.63) is 28.2 Å². The highest BCUT2D eigenvalue weighted by Crippen LogP contribution is 2.37. The molecule has 2 unspecified atom stereocenters. The minimum Gasteiger partial charge on any atom is -0.492 e. The number of benzene rings is 1. The Bertz CT molecular complexity index is 486. The zero-order valence-electron chi connectivity index (χ0n) is 10.5. The first-order valence-electron chi connectivity index (χ1n) is 6.59. The summed E-state index contributed by atoms with van der Waals surface area (Å²) in [7, 11) is 0. The van der Waals surface area contributed by atoms with Gasteiger partial charge in [0.05, 0.1) is 17.1 Å². The first kappa shape index (κ1) is 12.9. The smallest absolute Gasteiger partial charge is 0.249 e. The molecule has 1 amide bonds. The standard InChI is InChI=1S/C14H16BrNO3/c15-10-4-1-3-9-11(6-8-19-13(9)10)16-14(17)12-5-2-7-18-12/h1,3-4,11-12H,2,5-8H2,(H,16,17). The molecule has 19 heavy (non-hydrogen) atoms. The Morgan fingerprint density at radius 1 is 1.32 bits per heavy atom. The second kappa shape index (κ2) is 5.51. The Kier molecular flexibility index (Phi) is 3.75. The molecular formula is C14H16BrNO3. The highest BCUT2D eigenvalue weighted by Gasteiger charge is 2.29. The number of hydrogen-bond acceptors (Lipinski definition) is 3. The number of hydrogen-bond donors (Lipinski definition) is 1. The van der Waals surface area contributed by atoms with Gasteiger partial charge < -0.3 is 14.8 Å². The maximum atomic E-state index is 12.1. The first-order chi connectivity index (χ1) is 9.25. The molecule has 4 nitrogen and oxygen atoms in total. The van der Waals surface area contributed by atoms with Crippen LogP contribution in [0.25, 0.3) is 0 Å². The maximum absolute atomic E-state index is 12.1. The van der Waals surface area contributed by atoms with Crippen LogP contribution in [0.1, 0.15) is 30.9 Å². The number of amides is 1. The van der Waals surface area contributed by atoms with E-state index in [0.29, 0.717) is 13.2 Å². The van der Waals surface area contributed by atoms with Crippen LogP contribution < -0.4 is 10.1 Å². The van der Waals surface area contributed by atoms with Crippen molar-refractivity contribution in [2.75, 3.05) is 13.2 Å². The van der Waals surface area contributed by atoms with Crippen molar-refractivity contribution in [1.29, 1.82) is 0 Å². The highest BCUT2D eigenvalue weighted by atomic mass is 79.9. The van der Waals surface area contributed by atoms with Crippen molar-refractivity contribution in [1.82, 2.24) is 5.32 Å². The monoisotopic (exact) mass is 325 g/mol. The average molecular weight is 326 g/mol. The second-order valence-corrected chi connectivity index (χ2v) is 5.71. The summed E-state index contributed by atoms with van der Waals surface area (Å²) in [5.74, 6) is 0.835. The number of fused-ring (bicyclic) bond motifs is 1. The van der Waals surface area contributed by atoms with E-state index in [4.69, 9.17) is 9.47 Å². The van der Waals surface area contributed by atoms with E-state index in [1.54, 1.807) is 0 Å². The van der Waals surface area contributed by atoms with Crippen molar-refractivity contribution >= 4 is 21.8 Å². The molecule has 102 valence electrons. The third kappa shape index (κ3) is 2.62. The summed E-state index contributed by atoms with van der Waals surface area (Å²) >= 11 is 3.48. The molecule has 0 spiro atoms. The minimum absolute atomic E-state index is 0.00433. The average Bonchev–Trinajstić information content (AvgIpc) is 2.94. The number of para-hydroxylation sites is 1. The van der Waals surface area contributed by atoms with E-state index in [9.17, 15) is 4.79 Å². The van der Waals surface area contributed by atoms with Crippen molar-refractivity contribution in [3.8, 4) is 5.75 Å². The SMILES string of the molecule is O=C(NC1CCOc2c(Br)cccc21)C1CCCO1. The number of rotatable bonds is 2. The Hall–Kier alpha value is -1.07. The Labute approximate surface area is 120 Å². The summed E-state index contributed by atoms with van der Waals surface area (Å²) < 4.78 is 12.0. The lowest BCUT2D eigenvalue weighted by Crippen LogP contribution is -2.38. The lowest BCUT2D eigenvalue weighted by molar-refractivity contribution is -0.131. The molecule has 3 rings (SSSR count). The van der Waals surface area contributed by atoms with Gasteiger partial charge in [0.15, 0.2) is 0 Å². The van der Waals surface area contributed by atoms with Crippen LogP contribution in [0.15, 0.2) is 22.7 Å². The van der Waals surface area contributed by atoms with Gasteiger partial charge >= 0.3 is 0 Å². The van der Waals surface area contributed by atoms with Crippen molar-refractivity contribution < 1.29 is 14.3 Å². The normalized spacial score (nSPS) is 25.5. The van der Waals surface area contributed by atoms with E-state index in [1.807, 2.05) is 18.2 Å². The number of ether oxygens (including phenoxy) is 2. The molecule has 1 N–H and O–H groups in total. The molecule has 0 radical (unpaired) electrons. The van der Waals surface area contributed by atoms with Crippen molar-refractivity contribution in [2.45, 2.75) is 31.4 Å². The topological polar surface area (TPSA) is 47.6 Å². The van der Waals surface area contributed by atoms with Crippen molar-refractivity contribution in [2.24, 2.45) is 0 Å². The van der Waals surface area contributed by atoms with Gasteiger partial charge in [-0.05, 0) is 34.8 Å². The molecule has 2 aliphatic heterocycles. The number of halogens is 1. The zero-order valence-corrected chi connectivity index (χ0v) is 12.1. The summed E-state index contributed by atoms with van der Waals surface area (Å²) in [6.45, 7) is 1.31. The van der Waals surface area contributed by atoms with Crippen LogP contribution in [0, 0.1) is 0 Å². The number of nitrogens with one attached hydrogen (secondary N) is 1. The summed E-state index contributed by atoms with van der Waals surface area (Å²) in [4.78, 5) is 12.1. The molecule has 1 fully saturated rings. The molecule has 1 aromatic rings. The lowest BCUT2D eigenvalue weighted by Gasteiger charge is -2.28. The van der Waals surface area contributed by atoms with E-state index in [1.165, 1.54) is 0 Å².